The minimum atomic E-state index is 0.00169. The molecule has 2 aliphatic rings. The normalized spacial score (nSPS) is 19.6. The number of nitrogens with zero attached hydrogens (tertiary/aromatic N) is 6. The predicted octanol–water partition coefficient (Wildman–Crippen LogP) is 2.57. The van der Waals surface area contributed by atoms with Gasteiger partial charge >= 0.3 is 0 Å². The minimum absolute atomic E-state index is 0.00169. The molecule has 1 unspecified atom stereocenters. The van der Waals surface area contributed by atoms with Crippen LogP contribution in [-0.4, -0.2) is 55.6 Å². The minimum Gasteiger partial charge on any atom is -0.332 e. The van der Waals surface area contributed by atoms with Gasteiger partial charge in [-0.2, -0.15) is 5.10 Å². The Kier molecular flexibility index (Phi) is 4.75. The number of carbonyl (C=O) groups excluding carboxylic acids is 1. The van der Waals surface area contributed by atoms with Gasteiger partial charge in [-0.3, -0.25) is 9.48 Å². The number of carbonyl (C=O) groups is 1. The first-order chi connectivity index (χ1) is 14.2. The molecule has 1 amide bonds. The van der Waals surface area contributed by atoms with Crippen molar-refractivity contribution in [1.82, 2.24) is 29.5 Å². The molecule has 2 aromatic heterocycles. The number of benzene rings is 1. The Labute approximate surface area is 170 Å². The molecule has 0 radical (unpaired) electrons. The smallest absolute Gasteiger partial charge is 0.225 e. The van der Waals surface area contributed by atoms with Gasteiger partial charge in [-0.05, 0) is 26.0 Å². The van der Waals surface area contributed by atoms with Crippen LogP contribution in [0.4, 0.5) is 0 Å². The number of aromatic nitrogens is 4. The van der Waals surface area contributed by atoms with Crippen molar-refractivity contribution < 1.29 is 4.79 Å². The molecule has 0 N–H and O–H groups in total. The highest BCUT2D eigenvalue weighted by molar-refractivity contribution is 5.79. The van der Waals surface area contributed by atoms with Crippen LogP contribution in [0.1, 0.15) is 42.4 Å². The van der Waals surface area contributed by atoms with Crippen molar-refractivity contribution >= 4 is 16.8 Å². The van der Waals surface area contributed by atoms with E-state index < -0.39 is 0 Å². The third-order valence-corrected chi connectivity index (χ3v) is 6.10. The van der Waals surface area contributed by atoms with Crippen LogP contribution in [-0.2, 0) is 24.3 Å². The molecule has 1 atom stereocenters. The second-order valence-electron chi connectivity index (χ2n) is 8.11. The van der Waals surface area contributed by atoms with Crippen LogP contribution in [0, 0.1) is 0 Å². The van der Waals surface area contributed by atoms with Gasteiger partial charge in [0.15, 0.2) is 5.82 Å². The zero-order valence-corrected chi connectivity index (χ0v) is 16.8. The van der Waals surface area contributed by atoms with Crippen molar-refractivity contribution in [2.24, 2.45) is 0 Å². The van der Waals surface area contributed by atoms with Gasteiger partial charge in [0.25, 0.3) is 0 Å². The molecule has 3 aromatic rings. The largest absolute Gasteiger partial charge is 0.332 e. The van der Waals surface area contributed by atoms with Crippen molar-refractivity contribution in [2.75, 3.05) is 20.1 Å². The van der Waals surface area contributed by atoms with Crippen molar-refractivity contribution in [3.8, 4) is 0 Å². The summed E-state index contributed by atoms with van der Waals surface area (Å²) in [5.41, 5.74) is 3.43. The molecule has 5 rings (SSSR count). The Morgan fingerprint density at radius 2 is 2.10 bits per heavy atom. The number of para-hydroxylation sites is 1. The third-order valence-electron chi connectivity index (χ3n) is 6.10. The van der Waals surface area contributed by atoms with Gasteiger partial charge in [-0.15, -0.1) is 0 Å². The fourth-order valence-corrected chi connectivity index (χ4v) is 4.52. The van der Waals surface area contributed by atoms with E-state index in [4.69, 9.17) is 4.98 Å². The summed E-state index contributed by atoms with van der Waals surface area (Å²) in [5, 5.41) is 5.55. The summed E-state index contributed by atoms with van der Waals surface area (Å²) in [4.78, 5) is 26.8. The topological polar surface area (TPSA) is 67.2 Å². The fourth-order valence-electron chi connectivity index (χ4n) is 4.52. The van der Waals surface area contributed by atoms with Gasteiger partial charge < -0.3 is 9.80 Å². The third kappa shape index (κ3) is 3.51. The van der Waals surface area contributed by atoms with E-state index in [1.54, 1.807) is 0 Å². The number of rotatable bonds is 4. The maximum Gasteiger partial charge on any atom is 0.225 e. The summed E-state index contributed by atoms with van der Waals surface area (Å²) in [7, 11) is 2.12. The summed E-state index contributed by atoms with van der Waals surface area (Å²) in [5.74, 6) is 0.969. The highest BCUT2D eigenvalue weighted by Crippen LogP contribution is 2.31. The molecule has 150 valence electrons. The molecular weight excluding hydrogens is 364 g/mol. The summed E-state index contributed by atoms with van der Waals surface area (Å²) in [6.07, 6.45) is 7.16. The van der Waals surface area contributed by atoms with Gasteiger partial charge in [0.05, 0.1) is 24.3 Å². The lowest BCUT2D eigenvalue weighted by Crippen LogP contribution is -2.33. The molecule has 1 aromatic carbocycles. The molecule has 7 nitrogen and oxygen atoms in total. The zero-order valence-electron chi connectivity index (χ0n) is 16.8. The molecule has 1 saturated heterocycles. The highest BCUT2D eigenvalue weighted by atomic mass is 16.2. The summed E-state index contributed by atoms with van der Waals surface area (Å²) in [6, 6.07) is 8.10. The number of fused-ring (bicyclic) bond motifs is 2. The van der Waals surface area contributed by atoms with E-state index in [1.165, 1.54) is 5.56 Å². The first-order valence-corrected chi connectivity index (χ1v) is 10.4. The van der Waals surface area contributed by atoms with Crippen molar-refractivity contribution in [1.29, 1.82) is 0 Å². The van der Waals surface area contributed by atoms with Crippen molar-refractivity contribution in [3.05, 3.63) is 53.7 Å². The first-order valence-electron chi connectivity index (χ1n) is 10.4. The lowest BCUT2D eigenvalue weighted by Gasteiger charge is -2.27. The molecule has 0 spiro atoms. The van der Waals surface area contributed by atoms with Crippen LogP contribution in [0.5, 0.6) is 0 Å². The van der Waals surface area contributed by atoms with Crippen molar-refractivity contribution in [3.63, 3.8) is 0 Å². The lowest BCUT2D eigenvalue weighted by molar-refractivity contribution is -0.132. The van der Waals surface area contributed by atoms with Gasteiger partial charge in [-0.1, -0.05) is 18.2 Å². The van der Waals surface area contributed by atoms with Crippen LogP contribution in [0.2, 0.25) is 0 Å². The van der Waals surface area contributed by atoms with E-state index in [2.05, 4.69) is 22.0 Å². The average Bonchev–Trinajstić information content (AvgIpc) is 3.39. The van der Waals surface area contributed by atoms with Crippen LogP contribution < -0.4 is 0 Å². The molecule has 2 aliphatic heterocycles. The van der Waals surface area contributed by atoms with E-state index in [1.807, 2.05) is 46.2 Å². The summed E-state index contributed by atoms with van der Waals surface area (Å²) < 4.78 is 1.92. The van der Waals surface area contributed by atoms with Crippen LogP contribution in [0.3, 0.4) is 0 Å². The number of likely N-dealkylation sites (N-methyl/N-ethyl adjacent to an activating group) is 1. The quantitative estimate of drug-likeness (QED) is 0.685. The predicted molar refractivity (Wildman–Crippen MR) is 110 cm³/mol. The van der Waals surface area contributed by atoms with Crippen LogP contribution in [0.25, 0.3) is 10.9 Å². The Morgan fingerprint density at radius 3 is 3.03 bits per heavy atom. The monoisotopic (exact) mass is 390 g/mol. The first kappa shape index (κ1) is 18.2. The van der Waals surface area contributed by atoms with Crippen LogP contribution >= 0.6 is 0 Å². The number of aryl methyl sites for hydroxylation is 1. The highest BCUT2D eigenvalue weighted by Gasteiger charge is 2.32. The maximum atomic E-state index is 13.0. The Hall–Kier alpha value is -2.80. The van der Waals surface area contributed by atoms with Gasteiger partial charge in [0.2, 0.25) is 5.91 Å². The SMILES string of the molecule is CN1CCc2nc(C3CCCN3C(=O)CCn3ncc4ccccc43)ncc2C1. The van der Waals surface area contributed by atoms with E-state index in [-0.39, 0.29) is 11.9 Å². The van der Waals surface area contributed by atoms with E-state index >= 15 is 0 Å². The number of likely N-dealkylation sites (tertiary alicyclic amines) is 1. The van der Waals surface area contributed by atoms with Gasteiger partial charge in [-0.25, -0.2) is 9.97 Å². The van der Waals surface area contributed by atoms with Crippen LogP contribution in [0.15, 0.2) is 36.7 Å². The standard InChI is InChI=1S/C22H26N6O/c1-26-11-8-18-17(15-26)13-23-22(25-18)20-7-4-10-27(20)21(29)9-12-28-19-6-3-2-5-16(19)14-24-28/h2-3,5-6,13-14,20H,4,7-12,15H2,1H3. The molecule has 0 saturated carbocycles. The summed E-state index contributed by atoms with van der Waals surface area (Å²) >= 11 is 0. The number of hydrogen-bond acceptors (Lipinski definition) is 5. The molecule has 0 bridgehead atoms. The maximum absolute atomic E-state index is 13.0. The molecule has 7 heteroatoms. The molecular formula is C22H26N6O. The molecule has 0 aliphatic carbocycles. The average molecular weight is 390 g/mol. The second-order valence-corrected chi connectivity index (χ2v) is 8.11. The second kappa shape index (κ2) is 7.55. The Balaban J connectivity index is 1.30. The number of amides is 1. The summed E-state index contributed by atoms with van der Waals surface area (Å²) in [6.45, 7) is 3.30. The van der Waals surface area contributed by atoms with Gasteiger partial charge in [0.1, 0.15) is 0 Å². The van der Waals surface area contributed by atoms with Crippen molar-refractivity contribution in [2.45, 2.75) is 44.8 Å². The molecule has 4 heterocycles. The fraction of sp³-hybridized carbons (Fsp3) is 0.455. The molecule has 1 fully saturated rings. The lowest BCUT2D eigenvalue weighted by atomic mass is 10.1. The Bertz CT molecular complexity index is 1040. The number of hydrogen-bond donors (Lipinski definition) is 0. The Morgan fingerprint density at radius 1 is 1.21 bits per heavy atom. The zero-order chi connectivity index (χ0) is 19.8. The van der Waals surface area contributed by atoms with Gasteiger partial charge in [0, 0.05) is 55.3 Å². The molecule has 29 heavy (non-hydrogen) atoms. The van der Waals surface area contributed by atoms with E-state index in [0.29, 0.717) is 13.0 Å². The van der Waals surface area contributed by atoms with E-state index in [9.17, 15) is 4.79 Å². The van der Waals surface area contributed by atoms with E-state index in [0.717, 1.165) is 61.3 Å².